The van der Waals surface area contributed by atoms with Gasteiger partial charge in [0.1, 0.15) is 0 Å². The van der Waals surface area contributed by atoms with Gasteiger partial charge in [-0.15, -0.1) is 0 Å². The highest BCUT2D eigenvalue weighted by Crippen LogP contribution is 2.23. The zero-order valence-corrected chi connectivity index (χ0v) is 10.3. The number of benzene rings is 1. The van der Waals surface area contributed by atoms with Crippen molar-refractivity contribution < 1.29 is 4.79 Å². The zero-order valence-electron chi connectivity index (χ0n) is 9.51. The maximum absolute atomic E-state index is 11.8. The first-order chi connectivity index (χ1) is 7.06. The summed E-state index contributed by atoms with van der Waals surface area (Å²) in [5, 5.41) is 0.567. The van der Waals surface area contributed by atoms with Crippen molar-refractivity contribution in [3.05, 3.63) is 34.3 Å². The molecule has 1 aromatic rings. The van der Waals surface area contributed by atoms with E-state index in [9.17, 15) is 4.79 Å². The maximum atomic E-state index is 11.8. The van der Waals surface area contributed by atoms with Crippen LogP contribution in [-0.4, -0.2) is 5.78 Å². The lowest BCUT2D eigenvalue weighted by Gasteiger charge is -2.09. The highest BCUT2D eigenvalue weighted by atomic mass is 35.5. The molecule has 0 spiro atoms. The van der Waals surface area contributed by atoms with Crippen LogP contribution >= 0.6 is 11.6 Å². The SMILES string of the molecule is CCCC(=O)c1cc(C(C)C)ccc1Cl. The number of carbonyl (C=O) groups excluding carboxylic acids is 1. The Labute approximate surface area is 96.5 Å². The normalized spacial score (nSPS) is 10.7. The molecule has 0 saturated heterocycles. The molecule has 0 aliphatic heterocycles. The van der Waals surface area contributed by atoms with Gasteiger partial charge in [-0.3, -0.25) is 4.79 Å². The van der Waals surface area contributed by atoms with Gasteiger partial charge in [0.25, 0.3) is 0 Å². The highest BCUT2D eigenvalue weighted by molar-refractivity contribution is 6.34. The van der Waals surface area contributed by atoms with Crippen LogP contribution in [0.15, 0.2) is 18.2 Å². The Morgan fingerprint density at radius 1 is 1.40 bits per heavy atom. The molecule has 0 atom stereocenters. The largest absolute Gasteiger partial charge is 0.294 e. The van der Waals surface area contributed by atoms with E-state index in [4.69, 9.17) is 11.6 Å². The summed E-state index contributed by atoms with van der Waals surface area (Å²) in [7, 11) is 0. The van der Waals surface area contributed by atoms with Crippen molar-refractivity contribution in [2.24, 2.45) is 0 Å². The van der Waals surface area contributed by atoms with E-state index >= 15 is 0 Å². The Hall–Kier alpha value is -0.820. The molecule has 1 nitrogen and oxygen atoms in total. The van der Waals surface area contributed by atoms with Gasteiger partial charge in [0.2, 0.25) is 0 Å². The number of hydrogen-bond donors (Lipinski definition) is 0. The van der Waals surface area contributed by atoms with Gasteiger partial charge in [-0.25, -0.2) is 0 Å². The van der Waals surface area contributed by atoms with Crippen LogP contribution in [0.4, 0.5) is 0 Å². The molecule has 0 aliphatic carbocycles. The Balaban J connectivity index is 3.05. The quantitative estimate of drug-likeness (QED) is 0.691. The van der Waals surface area contributed by atoms with Crippen LogP contribution in [0.1, 0.15) is 55.5 Å². The number of rotatable bonds is 4. The lowest BCUT2D eigenvalue weighted by Crippen LogP contribution is -2.01. The van der Waals surface area contributed by atoms with Crippen molar-refractivity contribution in [1.29, 1.82) is 0 Å². The molecule has 0 aliphatic rings. The van der Waals surface area contributed by atoms with Crippen LogP contribution in [-0.2, 0) is 0 Å². The molecular weight excluding hydrogens is 208 g/mol. The minimum absolute atomic E-state index is 0.144. The average molecular weight is 225 g/mol. The third kappa shape index (κ3) is 3.07. The van der Waals surface area contributed by atoms with Gasteiger partial charge in [0, 0.05) is 12.0 Å². The van der Waals surface area contributed by atoms with Crippen molar-refractivity contribution in [2.45, 2.75) is 39.5 Å². The first-order valence-electron chi connectivity index (χ1n) is 5.39. The molecule has 0 bridgehead atoms. The second kappa shape index (κ2) is 5.32. The molecule has 0 fully saturated rings. The molecule has 0 saturated carbocycles. The highest BCUT2D eigenvalue weighted by Gasteiger charge is 2.11. The smallest absolute Gasteiger partial charge is 0.164 e. The minimum Gasteiger partial charge on any atom is -0.294 e. The topological polar surface area (TPSA) is 17.1 Å². The van der Waals surface area contributed by atoms with E-state index in [0.29, 0.717) is 22.9 Å². The fourth-order valence-electron chi connectivity index (χ4n) is 1.48. The van der Waals surface area contributed by atoms with Gasteiger partial charge in [-0.1, -0.05) is 38.4 Å². The molecule has 0 aromatic heterocycles. The molecule has 1 rings (SSSR count). The van der Waals surface area contributed by atoms with Crippen molar-refractivity contribution in [3.8, 4) is 0 Å². The van der Waals surface area contributed by atoms with E-state index in [1.165, 1.54) is 5.56 Å². The molecule has 15 heavy (non-hydrogen) atoms. The predicted molar refractivity (Wildman–Crippen MR) is 64.8 cm³/mol. The molecule has 2 heteroatoms. The molecule has 0 amide bonds. The number of hydrogen-bond acceptors (Lipinski definition) is 1. The molecular formula is C13H17ClO. The van der Waals surface area contributed by atoms with E-state index in [1.807, 2.05) is 25.1 Å². The fourth-order valence-corrected chi connectivity index (χ4v) is 1.70. The Kier molecular flexibility index (Phi) is 4.34. The van der Waals surface area contributed by atoms with Gasteiger partial charge in [0.05, 0.1) is 5.02 Å². The van der Waals surface area contributed by atoms with Gasteiger partial charge >= 0.3 is 0 Å². The van der Waals surface area contributed by atoms with Crippen LogP contribution in [0.2, 0.25) is 5.02 Å². The van der Waals surface area contributed by atoms with Crippen molar-refractivity contribution in [2.75, 3.05) is 0 Å². The average Bonchev–Trinajstić information content (AvgIpc) is 2.18. The summed E-state index contributed by atoms with van der Waals surface area (Å²) in [4.78, 5) is 11.8. The summed E-state index contributed by atoms with van der Waals surface area (Å²) in [6.45, 7) is 6.22. The van der Waals surface area contributed by atoms with E-state index in [1.54, 1.807) is 0 Å². The third-order valence-electron chi connectivity index (χ3n) is 2.43. The molecule has 0 heterocycles. The van der Waals surface area contributed by atoms with Crippen LogP contribution in [0.3, 0.4) is 0 Å². The maximum Gasteiger partial charge on any atom is 0.164 e. The molecule has 1 aromatic carbocycles. The van der Waals surface area contributed by atoms with Crippen LogP contribution < -0.4 is 0 Å². The molecule has 0 N–H and O–H groups in total. The fraction of sp³-hybridized carbons (Fsp3) is 0.462. The van der Waals surface area contributed by atoms with Crippen LogP contribution in [0.5, 0.6) is 0 Å². The third-order valence-corrected chi connectivity index (χ3v) is 2.76. The van der Waals surface area contributed by atoms with E-state index in [2.05, 4.69) is 13.8 Å². The Bertz CT molecular complexity index is 356. The lowest BCUT2D eigenvalue weighted by molar-refractivity contribution is 0.0982. The van der Waals surface area contributed by atoms with Crippen molar-refractivity contribution >= 4 is 17.4 Å². The Morgan fingerprint density at radius 3 is 2.60 bits per heavy atom. The first-order valence-corrected chi connectivity index (χ1v) is 5.76. The zero-order chi connectivity index (χ0) is 11.4. The van der Waals surface area contributed by atoms with Crippen LogP contribution in [0.25, 0.3) is 0 Å². The lowest BCUT2D eigenvalue weighted by atomic mass is 9.98. The van der Waals surface area contributed by atoms with E-state index in [-0.39, 0.29) is 5.78 Å². The Morgan fingerprint density at radius 2 is 2.07 bits per heavy atom. The first kappa shape index (κ1) is 12.3. The van der Waals surface area contributed by atoms with Gasteiger partial charge < -0.3 is 0 Å². The summed E-state index contributed by atoms with van der Waals surface area (Å²) in [5.74, 6) is 0.570. The van der Waals surface area contributed by atoms with Crippen LogP contribution in [0, 0.1) is 0 Å². The monoisotopic (exact) mass is 224 g/mol. The number of halogens is 1. The second-order valence-electron chi connectivity index (χ2n) is 4.07. The number of Topliss-reactive ketones (excluding diaryl/α,β-unsaturated/α-hetero) is 1. The van der Waals surface area contributed by atoms with Crippen molar-refractivity contribution in [1.82, 2.24) is 0 Å². The summed E-state index contributed by atoms with van der Waals surface area (Å²) >= 11 is 6.01. The van der Waals surface area contributed by atoms with Gasteiger partial charge in [-0.05, 0) is 30.0 Å². The second-order valence-corrected chi connectivity index (χ2v) is 4.47. The summed E-state index contributed by atoms with van der Waals surface area (Å²) < 4.78 is 0. The van der Waals surface area contributed by atoms with Gasteiger partial charge in [-0.2, -0.15) is 0 Å². The molecule has 0 radical (unpaired) electrons. The summed E-state index contributed by atoms with van der Waals surface area (Å²) in [6, 6.07) is 5.72. The number of carbonyl (C=O) groups is 1. The molecule has 0 unspecified atom stereocenters. The summed E-state index contributed by atoms with van der Waals surface area (Å²) in [5.41, 5.74) is 1.84. The molecule has 82 valence electrons. The van der Waals surface area contributed by atoms with Crippen molar-refractivity contribution in [3.63, 3.8) is 0 Å². The van der Waals surface area contributed by atoms with Gasteiger partial charge in [0.15, 0.2) is 5.78 Å². The predicted octanol–water partition coefficient (Wildman–Crippen LogP) is 4.45. The van der Waals surface area contributed by atoms with E-state index in [0.717, 1.165) is 6.42 Å². The summed E-state index contributed by atoms with van der Waals surface area (Å²) in [6.07, 6.45) is 1.43. The van der Waals surface area contributed by atoms with E-state index < -0.39 is 0 Å². The number of ketones is 1. The standard InChI is InChI=1S/C13H17ClO/c1-4-5-13(15)11-8-10(9(2)3)6-7-12(11)14/h6-9H,4-5H2,1-3H3. The minimum atomic E-state index is 0.144.